The number of nitrogens with zero attached hydrogens (tertiary/aromatic N) is 4. The molecule has 41 heavy (non-hydrogen) atoms. The molecule has 1 saturated heterocycles. The summed E-state index contributed by atoms with van der Waals surface area (Å²) in [6, 6.07) is 5.68. The van der Waals surface area contributed by atoms with Gasteiger partial charge in [-0.2, -0.15) is 5.26 Å². The number of thioether (sulfide) groups is 2. The van der Waals surface area contributed by atoms with Crippen molar-refractivity contribution in [2.75, 3.05) is 18.1 Å². The second-order valence-corrected chi connectivity index (χ2v) is 13.1. The van der Waals surface area contributed by atoms with Crippen molar-refractivity contribution in [2.45, 2.75) is 48.7 Å². The molecule has 4 rings (SSSR count). The number of aromatic nitrogens is 2. The van der Waals surface area contributed by atoms with Crippen LogP contribution in [0.25, 0.3) is 0 Å². The number of nitriles is 1. The summed E-state index contributed by atoms with van der Waals surface area (Å²) < 4.78 is 0. The van der Waals surface area contributed by atoms with Gasteiger partial charge in [0.2, 0.25) is 5.91 Å². The third-order valence-electron chi connectivity index (χ3n) is 6.17. The fourth-order valence-corrected chi connectivity index (χ4v) is 7.24. The van der Waals surface area contributed by atoms with Crippen LogP contribution in [0.5, 0.6) is 0 Å². The molecular formula is C25H27N7O6S3. The van der Waals surface area contributed by atoms with Gasteiger partial charge in [0.25, 0.3) is 10.9 Å². The highest BCUT2D eigenvalue weighted by molar-refractivity contribution is 8.01. The van der Waals surface area contributed by atoms with E-state index in [9.17, 15) is 29.5 Å². The first-order valence-electron chi connectivity index (χ1n) is 12.3. The lowest BCUT2D eigenvalue weighted by Gasteiger charge is -2.49. The number of carboxylic acid groups (broad SMARTS) is 1. The van der Waals surface area contributed by atoms with E-state index in [-0.39, 0.29) is 29.2 Å². The molecule has 2 aromatic rings. The molecule has 0 bridgehead atoms. The minimum absolute atomic E-state index is 0.156. The summed E-state index contributed by atoms with van der Waals surface area (Å²) in [5.74, 6) is -2.10. The lowest BCUT2D eigenvalue weighted by molar-refractivity contribution is -0.707. The number of aliphatic carboxylic acids is 1. The van der Waals surface area contributed by atoms with Crippen LogP contribution in [0.1, 0.15) is 37.4 Å². The van der Waals surface area contributed by atoms with Gasteiger partial charge in [0, 0.05) is 33.0 Å². The van der Waals surface area contributed by atoms with Crippen molar-refractivity contribution in [1.82, 2.24) is 25.9 Å². The molecule has 0 radical (unpaired) electrons. The van der Waals surface area contributed by atoms with E-state index in [2.05, 4.69) is 21.0 Å². The van der Waals surface area contributed by atoms with Crippen molar-refractivity contribution >= 4 is 58.7 Å². The van der Waals surface area contributed by atoms with Crippen molar-refractivity contribution in [3.8, 4) is 6.07 Å². The van der Waals surface area contributed by atoms with Crippen LogP contribution in [0, 0.1) is 16.5 Å². The molecule has 4 heterocycles. The zero-order valence-corrected chi connectivity index (χ0v) is 24.7. The highest BCUT2D eigenvalue weighted by atomic mass is 32.2. The van der Waals surface area contributed by atoms with E-state index < -0.39 is 41.3 Å². The molecule has 16 heteroatoms. The topological polar surface area (TPSA) is 191 Å². The summed E-state index contributed by atoms with van der Waals surface area (Å²) in [7, 11) is 0. The number of hydrogen-bond acceptors (Lipinski definition) is 10. The van der Waals surface area contributed by atoms with Crippen LogP contribution < -0.4 is 20.8 Å². The van der Waals surface area contributed by atoms with Crippen molar-refractivity contribution in [3.05, 3.63) is 56.7 Å². The first kappa shape index (κ1) is 30.2. The van der Waals surface area contributed by atoms with E-state index in [1.54, 1.807) is 35.7 Å². The van der Waals surface area contributed by atoms with E-state index in [1.165, 1.54) is 23.1 Å². The smallest absolute Gasteiger partial charge is 0.352 e. The van der Waals surface area contributed by atoms with Gasteiger partial charge in [-0.25, -0.2) is 9.59 Å². The van der Waals surface area contributed by atoms with Gasteiger partial charge >= 0.3 is 12.0 Å². The molecule has 2 aliphatic rings. The maximum absolute atomic E-state index is 13.2. The molecule has 2 aliphatic heterocycles. The molecule has 0 spiro atoms. The molecule has 1 fully saturated rings. The summed E-state index contributed by atoms with van der Waals surface area (Å²) in [6.07, 6.45) is 0. The number of urea groups is 1. The Hall–Kier alpha value is -3.81. The zero-order chi connectivity index (χ0) is 29.9. The van der Waals surface area contributed by atoms with Gasteiger partial charge in [-0.3, -0.25) is 14.5 Å². The van der Waals surface area contributed by atoms with Gasteiger partial charge in [-0.15, -0.1) is 23.1 Å². The highest BCUT2D eigenvalue weighted by Crippen LogP contribution is 2.41. The summed E-state index contributed by atoms with van der Waals surface area (Å²) in [5.41, 5.74) is 0.611. The Labute approximate surface area is 247 Å². The molecule has 2 aromatic heterocycles. The SMILES string of the molecule is CC(C)(C)c1ccc(SCC2=C(C(=O)O)N3C(=O)[C@@H](NC(=O)C(NC(=O)NCC#N)c4cccs4)C3SC2)[n+]([O-])n1. The Morgan fingerprint density at radius 2 is 2.10 bits per heavy atom. The largest absolute Gasteiger partial charge is 0.593 e. The maximum Gasteiger partial charge on any atom is 0.352 e. The number of carbonyl (C=O) groups excluding carboxylic acids is 3. The fraction of sp³-hybridized carbons (Fsp3) is 0.400. The summed E-state index contributed by atoms with van der Waals surface area (Å²) >= 11 is 3.65. The molecule has 4 N–H and O–H groups in total. The number of amides is 4. The monoisotopic (exact) mass is 617 g/mol. The molecule has 13 nitrogen and oxygen atoms in total. The molecule has 4 amide bonds. The quantitative estimate of drug-likeness (QED) is 0.105. The van der Waals surface area contributed by atoms with Crippen LogP contribution in [-0.2, 0) is 19.8 Å². The molecular weight excluding hydrogens is 591 g/mol. The number of thiophene rings is 1. The number of nitrogens with one attached hydrogen (secondary N) is 3. The first-order chi connectivity index (χ1) is 19.4. The molecule has 0 aliphatic carbocycles. The normalized spacial score (nSPS) is 19.0. The van der Waals surface area contributed by atoms with Gasteiger partial charge in [0.05, 0.1) is 6.07 Å². The van der Waals surface area contributed by atoms with Crippen LogP contribution in [0.4, 0.5) is 4.79 Å². The lowest BCUT2D eigenvalue weighted by atomic mass is 9.92. The van der Waals surface area contributed by atoms with E-state index in [1.807, 2.05) is 20.8 Å². The minimum atomic E-state index is -1.28. The third-order valence-corrected chi connectivity index (χ3v) is 9.53. The predicted octanol–water partition coefficient (Wildman–Crippen LogP) is 1.47. The molecule has 3 atom stereocenters. The van der Waals surface area contributed by atoms with Crippen molar-refractivity contribution in [3.63, 3.8) is 0 Å². The Bertz CT molecular complexity index is 1430. The number of rotatable bonds is 9. The second kappa shape index (κ2) is 12.4. The van der Waals surface area contributed by atoms with Crippen LogP contribution >= 0.6 is 34.9 Å². The van der Waals surface area contributed by atoms with Gasteiger partial charge in [-0.1, -0.05) is 26.8 Å². The molecule has 2 unspecified atom stereocenters. The van der Waals surface area contributed by atoms with Gasteiger partial charge in [0.1, 0.15) is 35.4 Å². The minimum Gasteiger partial charge on any atom is -0.593 e. The first-order valence-corrected chi connectivity index (χ1v) is 15.2. The second-order valence-electron chi connectivity index (χ2n) is 10.1. The Balaban J connectivity index is 1.46. The average molecular weight is 618 g/mol. The molecule has 0 aromatic carbocycles. The molecule has 216 valence electrons. The summed E-state index contributed by atoms with van der Waals surface area (Å²) in [5, 5.41) is 44.0. The van der Waals surface area contributed by atoms with E-state index >= 15 is 0 Å². The third kappa shape index (κ3) is 6.58. The summed E-state index contributed by atoms with van der Waals surface area (Å²) in [4.78, 5) is 52.8. The van der Waals surface area contributed by atoms with Crippen LogP contribution in [0.15, 0.2) is 45.9 Å². The van der Waals surface area contributed by atoms with Crippen molar-refractivity contribution in [2.24, 2.45) is 0 Å². The van der Waals surface area contributed by atoms with E-state index in [4.69, 9.17) is 5.26 Å². The zero-order valence-electron chi connectivity index (χ0n) is 22.2. The predicted molar refractivity (Wildman–Crippen MR) is 152 cm³/mol. The maximum atomic E-state index is 13.2. The fourth-order valence-electron chi connectivity index (χ4n) is 4.11. The van der Waals surface area contributed by atoms with E-state index in [0.717, 1.165) is 16.7 Å². The number of fused-ring (bicyclic) bond motifs is 1. The van der Waals surface area contributed by atoms with Crippen LogP contribution in [0.3, 0.4) is 0 Å². The Morgan fingerprint density at radius 3 is 2.71 bits per heavy atom. The van der Waals surface area contributed by atoms with Crippen molar-refractivity contribution < 1.29 is 29.1 Å². The number of carbonyl (C=O) groups is 4. The Morgan fingerprint density at radius 1 is 1.34 bits per heavy atom. The van der Waals surface area contributed by atoms with Gasteiger partial charge in [0.15, 0.2) is 0 Å². The number of carboxylic acids is 1. The van der Waals surface area contributed by atoms with Gasteiger partial charge in [-0.05, 0) is 39.7 Å². The number of β-lactam (4-membered cyclic amide) rings is 1. The average Bonchev–Trinajstić information content (AvgIpc) is 3.46. The van der Waals surface area contributed by atoms with E-state index in [0.29, 0.717) is 26.0 Å². The van der Waals surface area contributed by atoms with Gasteiger partial charge < -0.3 is 26.3 Å². The standard InChI is InChI=1S/C25H27N7O6S3/c1-25(2,3)15-6-7-16(32(38)30-15)40-11-13-12-41-22-18(21(34)31(22)19(13)23(35)36)28-20(33)17(14-5-4-10-39-14)29-24(37)27-9-8-26/h4-7,10,17-18,22H,9,11-12H2,1-3H3,(H,28,33)(H,35,36)(H2,27,29,37)/t17?,18-,22?/m1/s1. The van der Waals surface area contributed by atoms with Crippen LogP contribution in [-0.4, -0.2) is 68.4 Å². The van der Waals surface area contributed by atoms with Crippen LogP contribution in [0.2, 0.25) is 0 Å². The highest BCUT2D eigenvalue weighted by Gasteiger charge is 2.54. The number of hydrogen-bond donors (Lipinski definition) is 4. The summed E-state index contributed by atoms with van der Waals surface area (Å²) in [6.45, 7) is 5.56. The lowest BCUT2D eigenvalue weighted by Crippen LogP contribution is -2.71. The van der Waals surface area contributed by atoms with Crippen molar-refractivity contribution in [1.29, 1.82) is 5.26 Å². The molecule has 0 saturated carbocycles. The Kier molecular flexibility index (Phi) is 9.10.